The van der Waals surface area contributed by atoms with Crippen molar-refractivity contribution in [3.8, 4) is 11.8 Å². The molecule has 0 saturated carbocycles. The number of rotatable bonds is 1. The van der Waals surface area contributed by atoms with Gasteiger partial charge >= 0.3 is 0 Å². The third-order valence-corrected chi connectivity index (χ3v) is 2.95. The second-order valence-corrected chi connectivity index (χ2v) is 4.28. The lowest BCUT2D eigenvalue weighted by Crippen LogP contribution is -2.00. The van der Waals surface area contributed by atoms with Crippen LogP contribution in [0.15, 0.2) is 54.6 Å². The van der Waals surface area contributed by atoms with Gasteiger partial charge in [0.15, 0.2) is 6.29 Å². The molecule has 0 bridgehead atoms. The van der Waals surface area contributed by atoms with Gasteiger partial charge in [-0.1, -0.05) is 48.2 Å². The monoisotopic (exact) mass is 250 g/mol. The molecule has 1 fully saturated rings. The lowest BCUT2D eigenvalue weighted by atomic mass is 10.1. The van der Waals surface area contributed by atoms with E-state index < -0.39 is 0 Å². The fourth-order valence-electron chi connectivity index (χ4n) is 2.02. The van der Waals surface area contributed by atoms with Crippen LogP contribution in [0.25, 0.3) is 0 Å². The smallest absolute Gasteiger partial charge is 0.185 e. The molecule has 1 saturated heterocycles. The van der Waals surface area contributed by atoms with Gasteiger partial charge in [0.2, 0.25) is 0 Å². The molecular weight excluding hydrogens is 236 g/mol. The highest BCUT2D eigenvalue weighted by atomic mass is 16.7. The molecule has 1 heterocycles. The lowest BCUT2D eigenvalue weighted by Gasteiger charge is -2.10. The van der Waals surface area contributed by atoms with Crippen LogP contribution in [-0.4, -0.2) is 13.2 Å². The van der Waals surface area contributed by atoms with Gasteiger partial charge in [-0.25, -0.2) is 0 Å². The summed E-state index contributed by atoms with van der Waals surface area (Å²) in [6.07, 6.45) is -0.277. The van der Waals surface area contributed by atoms with E-state index in [1.807, 2.05) is 54.6 Å². The Labute approximate surface area is 113 Å². The van der Waals surface area contributed by atoms with Crippen LogP contribution in [0.4, 0.5) is 0 Å². The number of hydrogen-bond acceptors (Lipinski definition) is 2. The normalized spacial score (nSPS) is 14.9. The Morgan fingerprint density at radius 3 is 2.26 bits per heavy atom. The minimum atomic E-state index is -0.277. The van der Waals surface area contributed by atoms with E-state index in [-0.39, 0.29) is 6.29 Å². The summed E-state index contributed by atoms with van der Waals surface area (Å²) in [5.74, 6) is 6.36. The fourth-order valence-corrected chi connectivity index (χ4v) is 2.02. The van der Waals surface area contributed by atoms with Crippen LogP contribution in [0.2, 0.25) is 0 Å². The zero-order valence-corrected chi connectivity index (χ0v) is 10.5. The van der Waals surface area contributed by atoms with Crippen LogP contribution in [0.5, 0.6) is 0 Å². The first-order valence-electron chi connectivity index (χ1n) is 6.33. The van der Waals surface area contributed by atoms with Gasteiger partial charge in [-0.2, -0.15) is 0 Å². The summed E-state index contributed by atoms with van der Waals surface area (Å²) >= 11 is 0. The van der Waals surface area contributed by atoms with Crippen molar-refractivity contribution in [1.29, 1.82) is 0 Å². The third kappa shape index (κ3) is 2.85. The third-order valence-electron chi connectivity index (χ3n) is 2.95. The van der Waals surface area contributed by atoms with Crippen molar-refractivity contribution >= 4 is 0 Å². The number of benzene rings is 2. The van der Waals surface area contributed by atoms with E-state index in [1.54, 1.807) is 0 Å². The highest BCUT2D eigenvalue weighted by Crippen LogP contribution is 2.25. The van der Waals surface area contributed by atoms with Crippen molar-refractivity contribution in [3.63, 3.8) is 0 Å². The Morgan fingerprint density at radius 1 is 0.789 bits per heavy atom. The molecule has 94 valence electrons. The van der Waals surface area contributed by atoms with Gasteiger partial charge in [0.1, 0.15) is 0 Å². The topological polar surface area (TPSA) is 18.5 Å². The minimum Gasteiger partial charge on any atom is -0.346 e. The summed E-state index contributed by atoms with van der Waals surface area (Å²) in [7, 11) is 0. The maximum atomic E-state index is 5.54. The van der Waals surface area contributed by atoms with Gasteiger partial charge in [-0.3, -0.25) is 0 Å². The van der Waals surface area contributed by atoms with Crippen molar-refractivity contribution in [1.82, 2.24) is 0 Å². The van der Waals surface area contributed by atoms with Gasteiger partial charge < -0.3 is 9.47 Å². The zero-order valence-electron chi connectivity index (χ0n) is 10.5. The van der Waals surface area contributed by atoms with E-state index in [1.165, 1.54) is 0 Å². The number of hydrogen-bond donors (Lipinski definition) is 0. The predicted molar refractivity (Wildman–Crippen MR) is 73.5 cm³/mol. The van der Waals surface area contributed by atoms with E-state index in [4.69, 9.17) is 9.47 Å². The van der Waals surface area contributed by atoms with E-state index in [2.05, 4.69) is 11.8 Å². The molecule has 1 aliphatic heterocycles. The molecule has 0 aromatic heterocycles. The summed E-state index contributed by atoms with van der Waals surface area (Å²) in [5, 5.41) is 0. The highest BCUT2D eigenvalue weighted by molar-refractivity contribution is 5.46. The van der Waals surface area contributed by atoms with E-state index in [0.29, 0.717) is 13.2 Å². The molecular formula is C17H14O2. The van der Waals surface area contributed by atoms with Crippen molar-refractivity contribution in [3.05, 3.63) is 71.3 Å². The maximum Gasteiger partial charge on any atom is 0.185 e. The first-order chi connectivity index (χ1) is 9.43. The van der Waals surface area contributed by atoms with Crippen LogP contribution in [0.3, 0.4) is 0 Å². The Kier molecular flexibility index (Phi) is 3.60. The standard InChI is InChI=1S/C17H14O2/c1-2-6-14(7-3-1)10-11-15-8-4-5-9-16(15)17-18-12-13-19-17/h1-9,17H,12-13H2. The first-order valence-corrected chi connectivity index (χ1v) is 6.33. The van der Waals surface area contributed by atoms with Crippen LogP contribution in [0, 0.1) is 11.8 Å². The van der Waals surface area contributed by atoms with Crippen LogP contribution in [0.1, 0.15) is 23.0 Å². The quantitative estimate of drug-likeness (QED) is 0.724. The summed E-state index contributed by atoms with van der Waals surface area (Å²) in [6.45, 7) is 1.29. The molecule has 0 aliphatic carbocycles. The highest BCUT2D eigenvalue weighted by Gasteiger charge is 2.20. The molecule has 0 unspecified atom stereocenters. The van der Waals surface area contributed by atoms with Crippen molar-refractivity contribution in [2.75, 3.05) is 13.2 Å². The molecule has 3 rings (SSSR count). The molecule has 2 aromatic rings. The van der Waals surface area contributed by atoms with Gasteiger partial charge in [0.25, 0.3) is 0 Å². The van der Waals surface area contributed by atoms with Crippen LogP contribution < -0.4 is 0 Å². The lowest BCUT2D eigenvalue weighted by molar-refractivity contribution is -0.0442. The Hall–Kier alpha value is -2.08. The molecule has 1 aliphatic rings. The SMILES string of the molecule is C(#Cc1ccccc1C1OCCO1)c1ccccc1. The summed E-state index contributed by atoms with van der Waals surface area (Å²) in [6, 6.07) is 17.9. The van der Waals surface area contributed by atoms with E-state index in [0.717, 1.165) is 16.7 Å². The van der Waals surface area contributed by atoms with Crippen molar-refractivity contribution < 1.29 is 9.47 Å². The zero-order chi connectivity index (χ0) is 12.9. The summed E-state index contributed by atoms with van der Waals surface area (Å²) in [4.78, 5) is 0. The van der Waals surface area contributed by atoms with Gasteiger partial charge in [-0.15, -0.1) is 0 Å². The number of ether oxygens (including phenoxy) is 2. The molecule has 0 spiro atoms. The second kappa shape index (κ2) is 5.71. The average Bonchev–Trinajstić information content (AvgIpc) is 3.01. The molecule has 2 aromatic carbocycles. The molecule has 0 amide bonds. The van der Waals surface area contributed by atoms with Crippen molar-refractivity contribution in [2.24, 2.45) is 0 Å². The molecule has 0 radical (unpaired) electrons. The fraction of sp³-hybridized carbons (Fsp3) is 0.176. The molecule has 19 heavy (non-hydrogen) atoms. The molecule has 0 atom stereocenters. The Bertz CT molecular complexity index is 602. The minimum absolute atomic E-state index is 0.277. The Morgan fingerprint density at radius 2 is 1.47 bits per heavy atom. The average molecular weight is 250 g/mol. The summed E-state index contributed by atoms with van der Waals surface area (Å²) in [5.41, 5.74) is 2.97. The second-order valence-electron chi connectivity index (χ2n) is 4.28. The largest absolute Gasteiger partial charge is 0.346 e. The van der Waals surface area contributed by atoms with E-state index in [9.17, 15) is 0 Å². The predicted octanol–water partition coefficient (Wildman–Crippen LogP) is 3.13. The van der Waals surface area contributed by atoms with Crippen LogP contribution in [-0.2, 0) is 9.47 Å². The van der Waals surface area contributed by atoms with Crippen molar-refractivity contribution in [2.45, 2.75) is 6.29 Å². The Balaban J connectivity index is 1.91. The molecule has 0 N–H and O–H groups in total. The van der Waals surface area contributed by atoms with Gasteiger partial charge in [0.05, 0.1) is 13.2 Å². The maximum absolute atomic E-state index is 5.54. The molecule has 2 nitrogen and oxygen atoms in total. The van der Waals surface area contributed by atoms with Gasteiger partial charge in [-0.05, 0) is 18.2 Å². The first kappa shape index (κ1) is 12.0. The van der Waals surface area contributed by atoms with Crippen LogP contribution >= 0.6 is 0 Å². The van der Waals surface area contributed by atoms with Gasteiger partial charge in [0, 0.05) is 16.7 Å². The van der Waals surface area contributed by atoms with E-state index >= 15 is 0 Å². The summed E-state index contributed by atoms with van der Waals surface area (Å²) < 4.78 is 11.1. The molecule has 2 heteroatoms.